The van der Waals surface area contributed by atoms with Crippen LogP contribution in [-0.4, -0.2) is 49.8 Å². The number of benzene rings is 2. The number of anilines is 1. The van der Waals surface area contributed by atoms with E-state index in [1.165, 1.54) is 11.6 Å². The fourth-order valence-corrected chi connectivity index (χ4v) is 5.51. The number of nitrogens with zero attached hydrogens (tertiary/aromatic N) is 1. The van der Waals surface area contributed by atoms with Crippen molar-refractivity contribution >= 4 is 11.7 Å². The van der Waals surface area contributed by atoms with Gasteiger partial charge in [-0.2, -0.15) is 0 Å². The van der Waals surface area contributed by atoms with Crippen molar-refractivity contribution in [2.24, 2.45) is 0 Å². The highest BCUT2D eigenvalue weighted by atomic mass is 19.2. The number of amides is 2. The molecule has 0 radical (unpaired) electrons. The molecule has 2 aromatic rings. The molecule has 2 fully saturated rings. The summed E-state index contributed by atoms with van der Waals surface area (Å²) in [5.41, 5.74) is 1.43. The van der Waals surface area contributed by atoms with Crippen molar-refractivity contribution in [1.82, 2.24) is 10.2 Å². The zero-order chi connectivity index (χ0) is 24.5. The Labute approximate surface area is 199 Å². The van der Waals surface area contributed by atoms with E-state index in [1.807, 2.05) is 19.9 Å². The third-order valence-electron chi connectivity index (χ3n) is 7.14. The Kier molecular flexibility index (Phi) is 6.98. The van der Waals surface area contributed by atoms with Crippen molar-refractivity contribution in [3.8, 4) is 11.5 Å². The smallest absolute Gasteiger partial charge is 0.319 e. The maximum absolute atomic E-state index is 13.5. The first-order valence-electron chi connectivity index (χ1n) is 11.8. The summed E-state index contributed by atoms with van der Waals surface area (Å²) >= 11 is 0. The summed E-state index contributed by atoms with van der Waals surface area (Å²) in [6, 6.07) is 9.39. The maximum atomic E-state index is 13.5. The molecule has 2 aliphatic rings. The number of carbonyl (C=O) groups excluding carboxylic acids is 1. The van der Waals surface area contributed by atoms with E-state index in [2.05, 4.69) is 34.7 Å². The Balaban J connectivity index is 1.49. The maximum Gasteiger partial charge on any atom is 0.319 e. The van der Waals surface area contributed by atoms with Crippen molar-refractivity contribution in [1.29, 1.82) is 0 Å². The number of methoxy groups -OCH3 is 1. The van der Waals surface area contributed by atoms with Crippen molar-refractivity contribution in [2.75, 3.05) is 26.0 Å². The van der Waals surface area contributed by atoms with Crippen LogP contribution in [0.3, 0.4) is 0 Å². The number of likely N-dealkylation sites (tertiary alicyclic amines) is 1. The van der Waals surface area contributed by atoms with Crippen LogP contribution in [0.4, 0.5) is 19.3 Å². The molecule has 1 aliphatic heterocycles. The van der Waals surface area contributed by atoms with Gasteiger partial charge in [-0.3, -0.25) is 0 Å². The van der Waals surface area contributed by atoms with E-state index in [0.717, 1.165) is 55.9 Å². The minimum absolute atomic E-state index is 0.0198. The van der Waals surface area contributed by atoms with E-state index < -0.39 is 17.7 Å². The molecule has 8 heteroatoms. The number of hydrogen-bond donors (Lipinski definition) is 2. The molecular weight excluding hydrogens is 440 g/mol. The lowest BCUT2D eigenvalue weighted by molar-refractivity contribution is 0.155. The van der Waals surface area contributed by atoms with Gasteiger partial charge in [0.1, 0.15) is 0 Å². The SMILES string of the molecule is COc1ccc(C23CCC(NC(=O)Nc4ccc(F)c(F)c4)CC2N(C)CC3)cc1OC(C)C. The number of carbonyl (C=O) groups is 1. The number of rotatable bonds is 6. The molecule has 184 valence electrons. The number of hydrogen-bond acceptors (Lipinski definition) is 4. The Morgan fingerprint density at radius 1 is 1.12 bits per heavy atom. The molecule has 6 nitrogen and oxygen atoms in total. The minimum Gasteiger partial charge on any atom is -0.493 e. The summed E-state index contributed by atoms with van der Waals surface area (Å²) in [5, 5.41) is 5.63. The fourth-order valence-electron chi connectivity index (χ4n) is 5.51. The second-order valence-corrected chi connectivity index (χ2v) is 9.63. The van der Waals surface area contributed by atoms with E-state index in [0.29, 0.717) is 0 Å². The van der Waals surface area contributed by atoms with Gasteiger partial charge >= 0.3 is 6.03 Å². The molecule has 1 saturated carbocycles. The van der Waals surface area contributed by atoms with Crippen molar-refractivity contribution in [3.63, 3.8) is 0 Å². The number of likely N-dealkylation sites (N-methyl/N-ethyl adjacent to an activating group) is 1. The number of nitrogens with one attached hydrogen (secondary N) is 2. The zero-order valence-corrected chi connectivity index (χ0v) is 20.2. The van der Waals surface area contributed by atoms with E-state index in [1.54, 1.807) is 7.11 Å². The average Bonchev–Trinajstić information content (AvgIpc) is 3.13. The number of halogens is 2. The molecule has 0 bridgehead atoms. The number of fused-ring (bicyclic) bond motifs is 1. The highest BCUT2D eigenvalue weighted by Crippen LogP contribution is 2.50. The minimum atomic E-state index is -0.992. The molecular formula is C26H33F2N3O3. The summed E-state index contributed by atoms with van der Waals surface area (Å²) in [4.78, 5) is 14.9. The lowest BCUT2D eigenvalue weighted by Gasteiger charge is -2.45. The van der Waals surface area contributed by atoms with Crippen LogP contribution < -0.4 is 20.1 Å². The van der Waals surface area contributed by atoms with Gasteiger partial charge in [0.15, 0.2) is 23.1 Å². The molecule has 2 N–H and O–H groups in total. The van der Waals surface area contributed by atoms with E-state index in [9.17, 15) is 13.6 Å². The summed E-state index contributed by atoms with van der Waals surface area (Å²) in [5.74, 6) is -0.461. The van der Waals surface area contributed by atoms with Crippen molar-refractivity contribution in [3.05, 3.63) is 53.6 Å². The molecule has 2 amide bonds. The van der Waals surface area contributed by atoms with E-state index in [-0.39, 0.29) is 29.3 Å². The van der Waals surface area contributed by atoms with Gasteiger partial charge in [0.25, 0.3) is 0 Å². The van der Waals surface area contributed by atoms with Crippen LogP contribution in [0.5, 0.6) is 11.5 Å². The molecule has 0 spiro atoms. The Bertz CT molecular complexity index is 1050. The molecule has 3 unspecified atom stereocenters. The largest absolute Gasteiger partial charge is 0.493 e. The molecule has 34 heavy (non-hydrogen) atoms. The molecule has 1 heterocycles. The van der Waals surface area contributed by atoms with Gasteiger partial charge in [-0.1, -0.05) is 6.07 Å². The second-order valence-electron chi connectivity index (χ2n) is 9.63. The third kappa shape index (κ3) is 4.82. The third-order valence-corrected chi connectivity index (χ3v) is 7.14. The standard InChI is InChI=1S/C26H33F2N3O3/c1-16(2)34-23-13-17(5-8-22(23)33-4)26-10-9-19(15-24(26)31(3)12-11-26)30-25(32)29-18-6-7-20(27)21(28)14-18/h5-8,13-14,16,19,24H,9-12,15H2,1-4H3,(H2,29,30,32). The Hall–Kier alpha value is -2.87. The highest BCUT2D eigenvalue weighted by molar-refractivity contribution is 5.89. The van der Waals surface area contributed by atoms with Gasteiger partial charge < -0.3 is 25.0 Å². The van der Waals surface area contributed by atoms with Crippen LogP contribution in [0.1, 0.15) is 45.1 Å². The Morgan fingerprint density at radius 2 is 1.91 bits per heavy atom. The number of urea groups is 1. The fraction of sp³-hybridized carbons (Fsp3) is 0.500. The van der Waals surface area contributed by atoms with Gasteiger partial charge in [-0.05, 0) is 83.0 Å². The first-order chi connectivity index (χ1) is 16.2. The predicted octanol–water partition coefficient (Wildman–Crippen LogP) is 5.08. The molecule has 1 saturated heterocycles. The quantitative estimate of drug-likeness (QED) is 0.615. The highest BCUT2D eigenvalue weighted by Gasteiger charge is 2.50. The van der Waals surface area contributed by atoms with E-state index in [4.69, 9.17) is 9.47 Å². The molecule has 3 atom stereocenters. The number of ether oxygens (including phenoxy) is 2. The topological polar surface area (TPSA) is 62.8 Å². The van der Waals surface area contributed by atoms with Gasteiger partial charge in [0.05, 0.1) is 13.2 Å². The molecule has 4 rings (SSSR count). The van der Waals surface area contributed by atoms with Crippen LogP contribution in [0.2, 0.25) is 0 Å². The van der Waals surface area contributed by atoms with Crippen molar-refractivity contribution in [2.45, 2.75) is 63.1 Å². The zero-order valence-electron chi connectivity index (χ0n) is 20.2. The Morgan fingerprint density at radius 3 is 2.62 bits per heavy atom. The first-order valence-corrected chi connectivity index (χ1v) is 11.8. The summed E-state index contributed by atoms with van der Waals surface area (Å²) in [6.45, 7) is 4.97. The lowest BCUT2D eigenvalue weighted by Crippen LogP contribution is -2.52. The lowest BCUT2D eigenvalue weighted by atomic mass is 9.65. The van der Waals surface area contributed by atoms with Crippen LogP contribution in [0, 0.1) is 11.6 Å². The summed E-state index contributed by atoms with van der Waals surface area (Å²) in [7, 11) is 3.78. The molecule has 2 aromatic carbocycles. The van der Waals surface area contributed by atoms with Crippen LogP contribution in [-0.2, 0) is 5.41 Å². The van der Waals surface area contributed by atoms with Crippen LogP contribution in [0.25, 0.3) is 0 Å². The molecule has 0 aromatic heterocycles. The van der Waals surface area contributed by atoms with Crippen LogP contribution >= 0.6 is 0 Å². The molecule has 1 aliphatic carbocycles. The first kappa shape index (κ1) is 24.3. The van der Waals surface area contributed by atoms with E-state index >= 15 is 0 Å². The monoisotopic (exact) mass is 473 g/mol. The van der Waals surface area contributed by atoms with Gasteiger partial charge in [-0.25, -0.2) is 13.6 Å². The van der Waals surface area contributed by atoms with Crippen molar-refractivity contribution < 1.29 is 23.0 Å². The van der Waals surface area contributed by atoms with Crippen LogP contribution in [0.15, 0.2) is 36.4 Å². The summed E-state index contributed by atoms with van der Waals surface area (Å²) in [6.07, 6.45) is 3.62. The summed E-state index contributed by atoms with van der Waals surface area (Å²) < 4.78 is 38.2. The average molecular weight is 474 g/mol. The predicted molar refractivity (Wildman–Crippen MR) is 128 cm³/mol. The second kappa shape index (κ2) is 9.78. The normalized spacial score (nSPS) is 24.6. The van der Waals surface area contributed by atoms with Gasteiger partial charge in [0, 0.05) is 29.3 Å². The van der Waals surface area contributed by atoms with Gasteiger partial charge in [0.2, 0.25) is 0 Å². The van der Waals surface area contributed by atoms with Gasteiger partial charge in [-0.15, -0.1) is 0 Å².